The predicted molar refractivity (Wildman–Crippen MR) is 108 cm³/mol. The van der Waals surface area contributed by atoms with Crippen LogP contribution in [0.25, 0.3) is 0 Å². The van der Waals surface area contributed by atoms with E-state index < -0.39 is 10.0 Å². The number of anilines is 1. The fourth-order valence-electron chi connectivity index (χ4n) is 2.95. The number of nitrogens with one attached hydrogen (secondary N) is 1. The zero-order valence-corrected chi connectivity index (χ0v) is 17.1. The van der Waals surface area contributed by atoms with Gasteiger partial charge >= 0.3 is 0 Å². The smallest absolute Gasteiger partial charge is 0.262 e. The Bertz CT molecular complexity index is 954. The Morgan fingerprint density at radius 3 is 2.19 bits per heavy atom. The van der Waals surface area contributed by atoms with Gasteiger partial charge in [0, 0.05) is 24.3 Å². The Labute approximate surface area is 161 Å². The summed E-state index contributed by atoms with van der Waals surface area (Å²) in [6.45, 7) is 9.52. The largest absolute Gasteiger partial charge is 0.339 e. The molecule has 1 aliphatic rings. The molecule has 3 rings (SSSR count). The van der Waals surface area contributed by atoms with Crippen LogP contribution in [0.1, 0.15) is 48.7 Å². The summed E-state index contributed by atoms with van der Waals surface area (Å²) < 4.78 is 28.4. The third-order valence-corrected chi connectivity index (χ3v) is 6.39. The Hall–Kier alpha value is -2.34. The van der Waals surface area contributed by atoms with E-state index in [1.54, 1.807) is 42.2 Å². The average molecular weight is 387 g/mol. The van der Waals surface area contributed by atoms with Gasteiger partial charge in [0.25, 0.3) is 15.9 Å². The lowest BCUT2D eigenvalue weighted by Gasteiger charge is -2.30. The zero-order chi connectivity index (χ0) is 19.8. The van der Waals surface area contributed by atoms with E-state index in [0.29, 0.717) is 16.8 Å². The Morgan fingerprint density at radius 1 is 1.04 bits per heavy atom. The van der Waals surface area contributed by atoms with E-state index in [9.17, 15) is 13.2 Å². The highest BCUT2D eigenvalue weighted by molar-refractivity contribution is 7.92. The number of aryl methyl sites for hydroxylation is 1. The maximum Gasteiger partial charge on any atom is 0.262 e. The molecule has 0 unspecified atom stereocenters. The number of nitrogens with zero attached hydrogens (tertiary/aromatic N) is 1. The predicted octanol–water partition coefficient (Wildman–Crippen LogP) is 3.94. The van der Waals surface area contributed by atoms with Crippen LogP contribution < -0.4 is 4.72 Å². The third-order valence-electron chi connectivity index (χ3n) is 4.87. The van der Waals surface area contributed by atoms with Crippen LogP contribution in [0, 0.1) is 6.92 Å². The molecule has 1 fully saturated rings. The lowest BCUT2D eigenvalue weighted by Crippen LogP contribution is -2.41. The number of hydrogen-bond donors (Lipinski definition) is 1. The highest BCUT2D eigenvalue weighted by atomic mass is 32.2. The molecular weight excluding hydrogens is 360 g/mol. The van der Waals surface area contributed by atoms with Gasteiger partial charge in [-0.15, -0.1) is 0 Å². The first-order valence-corrected chi connectivity index (χ1v) is 10.6. The summed E-state index contributed by atoms with van der Waals surface area (Å²) in [6.07, 6.45) is 1.04. The molecule has 1 aliphatic heterocycles. The first kappa shape index (κ1) is 19.4. The van der Waals surface area contributed by atoms with Crippen LogP contribution in [0.5, 0.6) is 0 Å². The van der Waals surface area contributed by atoms with Crippen LogP contribution >= 0.6 is 0 Å². The number of amides is 1. The summed E-state index contributed by atoms with van der Waals surface area (Å²) in [6, 6.07) is 12.1. The molecular formula is C21H26N2O3S. The molecule has 0 radical (unpaired) electrons. The molecule has 6 heteroatoms. The van der Waals surface area contributed by atoms with Crippen molar-refractivity contribution in [2.75, 3.05) is 17.8 Å². The van der Waals surface area contributed by atoms with Gasteiger partial charge in [0.15, 0.2) is 0 Å². The molecule has 0 aliphatic carbocycles. The van der Waals surface area contributed by atoms with Crippen molar-refractivity contribution in [3.05, 3.63) is 59.2 Å². The summed E-state index contributed by atoms with van der Waals surface area (Å²) in [7, 11) is -3.72. The van der Waals surface area contributed by atoms with Gasteiger partial charge in [0.05, 0.1) is 4.90 Å². The molecule has 1 heterocycles. The van der Waals surface area contributed by atoms with Gasteiger partial charge in [-0.2, -0.15) is 0 Å². The summed E-state index contributed by atoms with van der Waals surface area (Å²) in [5, 5.41) is 0. The fraction of sp³-hybridized carbons (Fsp3) is 0.381. The monoisotopic (exact) mass is 386 g/mol. The number of sulfonamides is 1. The number of hydrogen-bond acceptors (Lipinski definition) is 3. The first-order valence-electron chi connectivity index (χ1n) is 9.11. The summed E-state index contributed by atoms with van der Waals surface area (Å²) in [5.41, 5.74) is 2.53. The molecule has 0 spiro atoms. The minimum atomic E-state index is -3.72. The van der Waals surface area contributed by atoms with Crippen LogP contribution in [-0.2, 0) is 15.4 Å². The second-order valence-electron chi connectivity index (χ2n) is 8.06. The summed E-state index contributed by atoms with van der Waals surface area (Å²) >= 11 is 0. The van der Waals surface area contributed by atoms with Crippen molar-refractivity contribution in [1.82, 2.24) is 4.90 Å². The number of benzene rings is 2. The number of rotatable bonds is 4. The number of carbonyl (C=O) groups excluding carboxylic acids is 1. The van der Waals surface area contributed by atoms with Gasteiger partial charge in [-0.05, 0) is 60.2 Å². The molecule has 2 aromatic carbocycles. The van der Waals surface area contributed by atoms with E-state index in [0.717, 1.165) is 25.1 Å². The van der Waals surface area contributed by atoms with Gasteiger partial charge in [-0.25, -0.2) is 8.42 Å². The van der Waals surface area contributed by atoms with Gasteiger partial charge < -0.3 is 4.90 Å². The fourth-order valence-corrected chi connectivity index (χ4v) is 4.28. The molecule has 0 atom stereocenters. The van der Waals surface area contributed by atoms with Gasteiger partial charge in [-0.1, -0.05) is 32.9 Å². The molecule has 5 nitrogen and oxygen atoms in total. The highest BCUT2D eigenvalue weighted by Crippen LogP contribution is 2.28. The van der Waals surface area contributed by atoms with Crippen LogP contribution in [0.2, 0.25) is 0 Å². The normalized spacial score (nSPS) is 14.6. The quantitative estimate of drug-likeness (QED) is 0.865. The maximum atomic E-state index is 12.9. The van der Waals surface area contributed by atoms with Crippen molar-refractivity contribution in [3.63, 3.8) is 0 Å². The lowest BCUT2D eigenvalue weighted by molar-refractivity contribution is 0.0652. The van der Waals surface area contributed by atoms with Crippen molar-refractivity contribution in [2.45, 2.75) is 44.4 Å². The van der Waals surface area contributed by atoms with E-state index in [1.807, 2.05) is 12.1 Å². The molecule has 1 saturated heterocycles. The first-order chi connectivity index (χ1) is 12.6. The van der Waals surface area contributed by atoms with Crippen molar-refractivity contribution < 1.29 is 13.2 Å². The molecule has 144 valence electrons. The third kappa shape index (κ3) is 4.16. The van der Waals surface area contributed by atoms with E-state index in [-0.39, 0.29) is 16.2 Å². The van der Waals surface area contributed by atoms with Gasteiger partial charge in [-0.3, -0.25) is 9.52 Å². The lowest BCUT2D eigenvalue weighted by atomic mass is 9.87. The summed E-state index contributed by atoms with van der Waals surface area (Å²) in [5.74, 6) is -0.00983. The van der Waals surface area contributed by atoms with Crippen LogP contribution in [-0.4, -0.2) is 32.3 Å². The molecule has 27 heavy (non-hydrogen) atoms. The molecule has 0 bridgehead atoms. The van der Waals surface area contributed by atoms with Crippen LogP contribution in [0.4, 0.5) is 5.69 Å². The zero-order valence-electron chi connectivity index (χ0n) is 16.2. The molecule has 1 amide bonds. The highest BCUT2D eigenvalue weighted by Gasteiger charge is 2.23. The van der Waals surface area contributed by atoms with Crippen LogP contribution in [0.3, 0.4) is 0 Å². The average Bonchev–Trinajstić information content (AvgIpc) is 2.52. The summed E-state index contributed by atoms with van der Waals surface area (Å²) in [4.78, 5) is 14.3. The van der Waals surface area contributed by atoms with Crippen molar-refractivity contribution in [1.29, 1.82) is 0 Å². The number of carbonyl (C=O) groups is 1. The van der Waals surface area contributed by atoms with Crippen molar-refractivity contribution in [3.8, 4) is 0 Å². The van der Waals surface area contributed by atoms with Crippen molar-refractivity contribution >= 4 is 21.6 Å². The van der Waals surface area contributed by atoms with Crippen LogP contribution in [0.15, 0.2) is 47.4 Å². The van der Waals surface area contributed by atoms with Gasteiger partial charge in [0.2, 0.25) is 0 Å². The van der Waals surface area contributed by atoms with E-state index in [2.05, 4.69) is 25.5 Å². The minimum Gasteiger partial charge on any atom is -0.339 e. The van der Waals surface area contributed by atoms with Crippen molar-refractivity contribution in [2.24, 2.45) is 0 Å². The van der Waals surface area contributed by atoms with E-state index >= 15 is 0 Å². The Kier molecular flexibility index (Phi) is 5.04. The number of likely N-dealkylation sites (tertiary alicyclic amines) is 1. The standard InChI is InChI=1S/C21H26N2O3S/c1-15-6-9-17(21(2,3)4)14-19(15)27(25,26)22-18-10-7-16(8-11-18)20(24)23-12-5-13-23/h6-11,14,22H,5,12-13H2,1-4H3. The second kappa shape index (κ2) is 7.00. The Balaban J connectivity index is 1.83. The molecule has 0 saturated carbocycles. The van der Waals surface area contributed by atoms with E-state index in [1.165, 1.54) is 0 Å². The molecule has 1 N–H and O–H groups in total. The van der Waals surface area contributed by atoms with E-state index in [4.69, 9.17) is 0 Å². The second-order valence-corrected chi connectivity index (χ2v) is 9.71. The molecule has 0 aromatic heterocycles. The topological polar surface area (TPSA) is 66.5 Å². The molecule has 2 aromatic rings. The van der Waals surface area contributed by atoms with Gasteiger partial charge in [0.1, 0.15) is 0 Å². The Morgan fingerprint density at radius 2 is 1.67 bits per heavy atom. The SMILES string of the molecule is Cc1ccc(C(C)(C)C)cc1S(=O)(=O)Nc1ccc(C(=O)N2CCC2)cc1. The maximum absolute atomic E-state index is 12.9. The minimum absolute atomic E-state index is 0.00983.